The smallest absolute Gasteiger partial charge is 0.280 e. The lowest BCUT2D eigenvalue weighted by molar-refractivity contribution is -0.384. The number of amides is 2. The Labute approximate surface area is 171 Å². The summed E-state index contributed by atoms with van der Waals surface area (Å²) in [5.74, 6) is 0.924. The number of carbonyl (C=O) groups excluding carboxylic acids is 2. The van der Waals surface area contributed by atoms with Crippen molar-refractivity contribution in [3.8, 4) is 11.3 Å². The second-order valence-electron chi connectivity index (χ2n) is 8.36. The van der Waals surface area contributed by atoms with Gasteiger partial charge in [0.25, 0.3) is 17.5 Å². The molecule has 1 aliphatic heterocycles. The molecule has 150 valence electrons. The van der Waals surface area contributed by atoms with Gasteiger partial charge in [-0.1, -0.05) is 24.3 Å². The van der Waals surface area contributed by atoms with Crippen LogP contribution in [0.5, 0.6) is 0 Å². The molecule has 5 aliphatic rings. The van der Waals surface area contributed by atoms with E-state index < -0.39 is 4.92 Å². The standard InChI is InChI=1S/C22H17N3O5/c26-21-19-12-6-7-13(16-9-15(12)16)20(19)22(27)24(21)23-10-11-5-8-18(30-11)14-3-1-2-4-17(14)25(28)29/h1-8,10,12-13,15-16,19-20H,9H2/b23-10-/t12-,13-,15-,16+,19-,20+/m0/s1. The van der Waals surface area contributed by atoms with Gasteiger partial charge in [-0.2, -0.15) is 10.1 Å². The number of imide groups is 1. The Bertz CT molecular complexity index is 1130. The first-order valence-corrected chi connectivity index (χ1v) is 9.98. The molecule has 8 nitrogen and oxygen atoms in total. The number of carbonyl (C=O) groups is 2. The summed E-state index contributed by atoms with van der Waals surface area (Å²) < 4.78 is 5.67. The van der Waals surface area contributed by atoms with Gasteiger partial charge < -0.3 is 4.42 Å². The molecule has 2 aromatic rings. The maximum absolute atomic E-state index is 12.9. The minimum atomic E-state index is -0.470. The molecule has 1 saturated heterocycles. The fourth-order valence-corrected chi connectivity index (χ4v) is 5.58. The van der Waals surface area contributed by atoms with E-state index in [1.54, 1.807) is 30.3 Å². The highest BCUT2D eigenvalue weighted by atomic mass is 16.6. The highest BCUT2D eigenvalue weighted by molar-refractivity contribution is 6.06. The number of para-hydroxylation sites is 1. The van der Waals surface area contributed by atoms with Crippen LogP contribution in [-0.4, -0.2) is 28.0 Å². The highest BCUT2D eigenvalue weighted by Crippen LogP contribution is 2.65. The van der Waals surface area contributed by atoms with Crippen LogP contribution < -0.4 is 0 Å². The first kappa shape index (κ1) is 17.3. The molecule has 8 heteroatoms. The molecule has 6 atom stereocenters. The molecule has 4 aliphatic carbocycles. The fourth-order valence-electron chi connectivity index (χ4n) is 5.58. The van der Waals surface area contributed by atoms with E-state index in [0.717, 1.165) is 11.4 Å². The van der Waals surface area contributed by atoms with Crippen molar-refractivity contribution in [1.82, 2.24) is 5.01 Å². The Morgan fingerprint density at radius 1 is 1.03 bits per heavy atom. The molecule has 0 N–H and O–H groups in total. The number of hydrazone groups is 1. The number of nitro benzene ring substituents is 1. The van der Waals surface area contributed by atoms with Gasteiger partial charge in [0.2, 0.25) is 0 Å². The Morgan fingerprint density at radius 2 is 1.70 bits per heavy atom. The van der Waals surface area contributed by atoms with Gasteiger partial charge in [-0.05, 0) is 48.3 Å². The molecule has 1 aromatic carbocycles. The lowest BCUT2D eigenvalue weighted by Gasteiger charge is -2.37. The summed E-state index contributed by atoms with van der Waals surface area (Å²) >= 11 is 0. The largest absolute Gasteiger partial charge is 0.455 e. The van der Waals surface area contributed by atoms with Crippen LogP contribution in [0.25, 0.3) is 11.3 Å². The fraction of sp³-hybridized carbons (Fsp3) is 0.318. The van der Waals surface area contributed by atoms with Crippen LogP contribution in [0.2, 0.25) is 0 Å². The minimum absolute atomic E-state index is 0.0640. The molecular formula is C22H17N3O5. The lowest BCUT2D eigenvalue weighted by atomic mass is 9.63. The Balaban J connectivity index is 1.26. The summed E-state index contributed by atoms with van der Waals surface area (Å²) in [6, 6.07) is 9.49. The van der Waals surface area contributed by atoms with E-state index in [1.165, 1.54) is 12.3 Å². The quantitative estimate of drug-likeness (QED) is 0.256. The van der Waals surface area contributed by atoms with E-state index in [9.17, 15) is 19.7 Å². The first-order chi connectivity index (χ1) is 14.5. The molecule has 0 unspecified atom stereocenters. The van der Waals surface area contributed by atoms with Gasteiger partial charge in [0.05, 0.1) is 28.5 Å². The van der Waals surface area contributed by atoms with E-state index in [-0.39, 0.29) is 41.2 Å². The van der Waals surface area contributed by atoms with Gasteiger partial charge in [0, 0.05) is 6.07 Å². The molecule has 2 bridgehead atoms. The van der Waals surface area contributed by atoms with E-state index in [4.69, 9.17) is 4.42 Å². The normalized spacial score (nSPS) is 33.3. The van der Waals surface area contributed by atoms with E-state index in [0.29, 0.717) is 28.9 Å². The van der Waals surface area contributed by atoms with Gasteiger partial charge >= 0.3 is 0 Å². The molecule has 0 spiro atoms. The van der Waals surface area contributed by atoms with Crippen molar-refractivity contribution in [2.24, 2.45) is 40.6 Å². The van der Waals surface area contributed by atoms with Crippen LogP contribution in [-0.2, 0) is 9.59 Å². The SMILES string of the molecule is O=C1[C@@H]2[C@H]3C=C[C@@H]([C@@H]4C[C@H]34)[C@@H]2C(=O)N1/N=C\c1ccc(-c2ccccc2[N+](=O)[O-])o1. The van der Waals surface area contributed by atoms with E-state index in [1.807, 2.05) is 0 Å². The number of rotatable bonds is 4. The molecule has 2 amide bonds. The average molecular weight is 403 g/mol. The number of allylic oxidation sites excluding steroid dienone is 2. The molecule has 1 aromatic heterocycles. The Morgan fingerprint density at radius 3 is 2.37 bits per heavy atom. The van der Waals surface area contributed by atoms with Gasteiger partial charge in [-0.3, -0.25) is 19.7 Å². The Kier molecular flexibility index (Phi) is 3.45. The number of hydrogen-bond donors (Lipinski definition) is 0. The first-order valence-electron chi connectivity index (χ1n) is 9.98. The number of benzene rings is 1. The van der Waals surface area contributed by atoms with Crippen molar-refractivity contribution in [3.05, 3.63) is 64.4 Å². The maximum Gasteiger partial charge on any atom is 0.280 e. The van der Waals surface area contributed by atoms with Crippen molar-refractivity contribution >= 4 is 23.7 Å². The number of furan rings is 1. The molecular weight excluding hydrogens is 386 g/mol. The van der Waals surface area contributed by atoms with Crippen molar-refractivity contribution in [1.29, 1.82) is 0 Å². The van der Waals surface area contributed by atoms with Gasteiger partial charge in [-0.15, -0.1) is 0 Å². The molecule has 2 saturated carbocycles. The predicted molar refractivity (Wildman–Crippen MR) is 105 cm³/mol. The average Bonchev–Trinajstić information content (AvgIpc) is 3.39. The van der Waals surface area contributed by atoms with Crippen LogP contribution in [0, 0.1) is 45.6 Å². The van der Waals surface area contributed by atoms with Gasteiger partial charge in [0.1, 0.15) is 11.5 Å². The minimum Gasteiger partial charge on any atom is -0.455 e. The second kappa shape index (κ2) is 5.98. The van der Waals surface area contributed by atoms with Crippen molar-refractivity contribution in [2.45, 2.75) is 6.42 Å². The summed E-state index contributed by atoms with van der Waals surface area (Å²) in [7, 11) is 0. The zero-order valence-electron chi connectivity index (χ0n) is 15.8. The second-order valence-corrected chi connectivity index (χ2v) is 8.36. The van der Waals surface area contributed by atoms with E-state index in [2.05, 4.69) is 17.3 Å². The van der Waals surface area contributed by atoms with Crippen molar-refractivity contribution < 1.29 is 18.9 Å². The van der Waals surface area contributed by atoms with Crippen molar-refractivity contribution in [2.75, 3.05) is 0 Å². The third kappa shape index (κ3) is 2.30. The zero-order valence-corrected chi connectivity index (χ0v) is 15.8. The molecule has 30 heavy (non-hydrogen) atoms. The number of hydrogen-bond acceptors (Lipinski definition) is 6. The molecule has 0 radical (unpaired) electrons. The summed E-state index contributed by atoms with van der Waals surface area (Å²) in [5.41, 5.74) is 0.286. The molecule has 7 rings (SSSR count). The van der Waals surface area contributed by atoms with Gasteiger partial charge in [-0.25, -0.2) is 0 Å². The van der Waals surface area contributed by atoms with Gasteiger partial charge in [0.15, 0.2) is 0 Å². The third-order valence-electron chi connectivity index (χ3n) is 6.93. The van der Waals surface area contributed by atoms with Crippen molar-refractivity contribution in [3.63, 3.8) is 0 Å². The molecule has 2 heterocycles. The lowest BCUT2D eigenvalue weighted by Crippen LogP contribution is -2.40. The monoisotopic (exact) mass is 403 g/mol. The predicted octanol–water partition coefficient (Wildman–Crippen LogP) is 3.24. The summed E-state index contributed by atoms with van der Waals surface area (Å²) in [6.45, 7) is 0. The number of nitro groups is 1. The van der Waals surface area contributed by atoms with E-state index >= 15 is 0 Å². The van der Waals surface area contributed by atoms with Crippen LogP contribution in [0.15, 0.2) is 58.1 Å². The summed E-state index contributed by atoms with van der Waals surface area (Å²) in [5, 5.41) is 16.4. The Hall–Kier alpha value is -3.55. The summed E-state index contributed by atoms with van der Waals surface area (Å²) in [6.07, 6.45) is 6.66. The zero-order chi connectivity index (χ0) is 20.6. The maximum atomic E-state index is 12.9. The van der Waals surface area contributed by atoms with Crippen LogP contribution in [0.1, 0.15) is 12.2 Å². The highest BCUT2D eigenvalue weighted by Gasteiger charge is 2.67. The number of nitrogens with zero attached hydrogens (tertiary/aromatic N) is 3. The summed E-state index contributed by atoms with van der Waals surface area (Å²) in [4.78, 5) is 36.6. The molecule has 3 fully saturated rings. The van der Waals surface area contributed by atoms with Crippen LogP contribution in [0.4, 0.5) is 5.69 Å². The third-order valence-corrected chi connectivity index (χ3v) is 6.93. The topological polar surface area (TPSA) is 106 Å². The van der Waals surface area contributed by atoms with Crippen LogP contribution >= 0.6 is 0 Å². The van der Waals surface area contributed by atoms with Crippen LogP contribution in [0.3, 0.4) is 0 Å².